The molecule has 0 saturated carbocycles. The number of amides is 1. The first kappa shape index (κ1) is 15.6. The zero-order valence-electron chi connectivity index (χ0n) is 12.7. The van der Waals surface area contributed by atoms with Crippen LogP contribution in [0.25, 0.3) is 9.88 Å². The molecule has 6 heteroatoms. The van der Waals surface area contributed by atoms with Crippen molar-refractivity contribution < 1.29 is 4.79 Å². The topological polar surface area (TPSA) is 59.2 Å². The normalized spacial score (nSPS) is 20.1. The zero-order valence-corrected chi connectivity index (χ0v) is 14.3. The fraction of sp³-hybridized carbons (Fsp3) is 0.500. The van der Waals surface area contributed by atoms with Crippen molar-refractivity contribution in [1.82, 2.24) is 9.88 Å². The number of nitrogens with two attached hydrogens (primary N) is 1. The van der Waals surface area contributed by atoms with Crippen molar-refractivity contribution in [1.29, 1.82) is 0 Å². The molecule has 1 saturated heterocycles. The van der Waals surface area contributed by atoms with Crippen LogP contribution in [-0.2, 0) is 11.2 Å². The predicted molar refractivity (Wildman–Crippen MR) is 92.1 cm³/mol. The van der Waals surface area contributed by atoms with Crippen molar-refractivity contribution in [3.63, 3.8) is 0 Å². The van der Waals surface area contributed by atoms with Gasteiger partial charge in [-0.2, -0.15) is 0 Å². The zero-order chi connectivity index (χ0) is 15.5. The van der Waals surface area contributed by atoms with Crippen molar-refractivity contribution in [2.45, 2.75) is 32.2 Å². The molecule has 0 bridgehead atoms. The van der Waals surface area contributed by atoms with Gasteiger partial charge in [0.15, 0.2) is 0 Å². The lowest BCUT2D eigenvalue weighted by atomic mass is 9.92. The molecule has 0 aromatic carbocycles. The Balaban J connectivity index is 1.62. The molecule has 4 nitrogen and oxygen atoms in total. The molecule has 0 aliphatic carbocycles. The third-order valence-electron chi connectivity index (χ3n) is 4.17. The smallest absolute Gasteiger partial charge is 0.228 e. The van der Waals surface area contributed by atoms with E-state index >= 15 is 0 Å². The molecular weight excluding hydrogens is 314 g/mol. The van der Waals surface area contributed by atoms with Crippen LogP contribution in [0, 0.1) is 5.92 Å². The van der Waals surface area contributed by atoms with E-state index in [-0.39, 0.29) is 11.9 Å². The highest BCUT2D eigenvalue weighted by Crippen LogP contribution is 2.28. The Kier molecular flexibility index (Phi) is 4.90. The van der Waals surface area contributed by atoms with Gasteiger partial charge in [0.05, 0.1) is 17.0 Å². The number of carbonyl (C=O) groups is 1. The second-order valence-corrected chi connectivity index (χ2v) is 7.71. The Morgan fingerprint density at radius 3 is 3.14 bits per heavy atom. The molecule has 1 amide bonds. The van der Waals surface area contributed by atoms with Gasteiger partial charge in [0, 0.05) is 24.5 Å². The lowest BCUT2D eigenvalue weighted by molar-refractivity contribution is -0.132. The highest BCUT2D eigenvalue weighted by atomic mass is 32.1. The van der Waals surface area contributed by atoms with Crippen LogP contribution >= 0.6 is 22.7 Å². The molecule has 0 radical (unpaired) electrons. The number of nitrogens with zero attached hydrogens (tertiary/aromatic N) is 2. The van der Waals surface area contributed by atoms with Gasteiger partial charge in [-0.3, -0.25) is 4.79 Å². The minimum atomic E-state index is 0.153. The molecule has 2 aromatic rings. The van der Waals surface area contributed by atoms with Crippen molar-refractivity contribution in [3.05, 3.63) is 28.6 Å². The summed E-state index contributed by atoms with van der Waals surface area (Å²) in [4.78, 5) is 20.2. The van der Waals surface area contributed by atoms with Crippen molar-refractivity contribution in [2.24, 2.45) is 11.7 Å². The molecule has 1 fully saturated rings. The molecule has 3 heterocycles. The third-order valence-corrected chi connectivity index (χ3v) is 6.10. The second-order valence-electron chi connectivity index (χ2n) is 5.90. The first-order chi connectivity index (χ1) is 10.6. The standard InChI is InChI=1S/C16H21N3OS2/c1-11(17)12-4-2-6-19(9-12)15(20)8-13-10-22-16(18-13)14-5-3-7-21-14/h3,5,7,10-12H,2,4,6,8-9,17H2,1H3. The van der Waals surface area contributed by atoms with Crippen LogP contribution in [0.4, 0.5) is 0 Å². The maximum atomic E-state index is 12.5. The first-order valence-electron chi connectivity index (χ1n) is 7.65. The number of rotatable bonds is 4. The molecule has 1 aliphatic rings. The number of likely N-dealkylation sites (tertiary alicyclic amines) is 1. The Labute approximate surface area is 139 Å². The van der Waals surface area contributed by atoms with Gasteiger partial charge in [-0.15, -0.1) is 22.7 Å². The second kappa shape index (κ2) is 6.89. The van der Waals surface area contributed by atoms with E-state index in [9.17, 15) is 4.79 Å². The van der Waals surface area contributed by atoms with Crippen LogP contribution in [0.3, 0.4) is 0 Å². The van der Waals surface area contributed by atoms with E-state index < -0.39 is 0 Å². The molecule has 1 aliphatic heterocycles. The average Bonchev–Trinajstić information content (AvgIpc) is 3.18. The van der Waals surface area contributed by atoms with E-state index in [0.717, 1.165) is 36.6 Å². The molecule has 2 aromatic heterocycles. The molecule has 22 heavy (non-hydrogen) atoms. The summed E-state index contributed by atoms with van der Waals surface area (Å²) in [5.74, 6) is 0.600. The predicted octanol–water partition coefficient (Wildman–Crippen LogP) is 3.00. The van der Waals surface area contributed by atoms with Crippen LogP contribution in [0.5, 0.6) is 0 Å². The van der Waals surface area contributed by atoms with Crippen molar-refractivity contribution >= 4 is 28.6 Å². The largest absolute Gasteiger partial charge is 0.342 e. The van der Waals surface area contributed by atoms with E-state index in [4.69, 9.17) is 5.73 Å². The number of piperidine rings is 1. The molecule has 2 N–H and O–H groups in total. The number of carbonyl (C=O) groups excluding carboxylic acids is 1. The molecule has 2 atom stereocenters. The van der Waals surface area contributed by atoms with Gasteiger partial charge in [0.2, 0.25) is 5.91 Å². The highest BCUT2D eigenvalue weighted by Gasteiger charge is 2.26. The van der Waals surface area contributed by atoms with Crippen molar-refractivity contribution in [3.8, 4) is 9.88 Å². The van der Waals surface area contributed by atoms with E-state index in [1.165, 1.54) is 4.88 Å². The van der Waals surface area contributed by atoms with Crippen LogP contribution in [0.2, 0.25) is 0 Å². The van der Waals surface area contributed by atoms with E-state index in [1.807, 2.05) is 28.7 Å². The monoisotopic (exact) mass is 335 g/mol. The Morgan fingerprint density at radius 1 is 1.55 bits per heavy atom. The fourth-order valence-electron chi connectivity index (χ4n) is 2.83. The number of hydrogen-bond acceptors (Lipinski definition) is 5. The molecule has 118 valence electrons. The minimum Gasteiger partial charge on any atom is -0.342 e. The summed E-state index contributed by atoms with van der Waals surface area (Å²) in [6.45, 7) is 3.68. The fourth-order valence-corrected chi connectivity index (χ4v) is 4.47. The molecule has 2 unspecified atom stereocenters. The van der Waals surface area contributed by atoms with E-state index in [2.05, 4.69) is 11.1 Å². The van der Waals surface area contributed by atoms with Gasteiger partial charge >= 0.3 is 0 Å². The Hall–Kier alpha value is -1.24. The number of hydrogen-bond donors (Lipinski definition) is 1. The third kappa shape index (κ3) is 3.56. The molecule has 3 rings (SSSR count). The highest BCUT2D eigenvalue weighted by molar-refractivity contribution is 7.20. The summed E-state index contributed by atoms with van der Waals surface area (Å²) in [6.07, 6.45) is 2.57. The molecule has 0 spiro atoms. The summed E-state index contributed by atoms with van der Waals surface area (Å²) in [5, 5.41) is 5.05. The van der Waals surface area contributed by atoms with Gasteiger partial charge in [0.25, 0.3) is 0 Å². The summed E-state index contributed by atoms with van der Waals surface area (Å²) >= 11 is 3.29. The van der Waals surface area contributed by atoms with Crippen LogP contribution in [0.15, 0.2) is 22.9 Å². The summed E-state index contributed by atoms with van der Waals surface area (Å²) in [6, 6.07) is 4.24. The van der Waals surface area contributed by atoms with Gasteiger partial charge in [-0.25, -0.2) is 4.98 Å². The summed E-state index contributed by atoms with van der Waals surface area (Å²) < 4.78 is 0. The maximum Gasteiger partial charge on any atom is 0.228 e. The van der Waals surface area contributed by atoms with Crippen molar-refractivity contribution in [2.75, 3.05) is 13.1 Å². The summed E-state index contributed by atoms with van der Waals surface area (Å²) in [7, 11) is 0. The van der Waals surface area contributed by atoms with Gasteiger partial charge < -0.3 is 10.6 Å². The van der Waals surface area contributed by atoms with Gasteiger partial charge in [-0.1, -0.05) is 6.07 Å². The number of thiazole rings is 1. The summed E-state index contributed by atoms with van der Waals surface area (Å²) in [5.41, 5.74) is 6.87. The van der Waals surface area contributed by atoms with Crippen LogP contribution in [-0.4, -0.2) is 34.9 Å². The Bertz CT molecular complexity index is 621. The van der Waals surface area contributed by atoms with E-state index in [0.29, 0.717) is 12.3 Å². The quantitative estimate of drug-likeness (QED) is 0.934. The minimum absolute atomic E-state index is 0.153. The molecular formula is C16H21N3OS2. The Morgan fingerprint density at radius 2 is 2.41 bits per heavy atom. The lowest BCUT2D eigenvalue weighted by Crippen LogP contribution is -2.45. The average molecular weight is 335 g/mol. The van der Waals surface area contributed by atoms with Crippen LogP contribution < -0.4 is 5.73 Å². The van der Waals surface area contributed by atoms with Gasteiger partial charge in [0.1, 0.15) is 5.01 Å². The van der Waals surface area contributed by atoms with Crippen LogP contribution in [0.1, 0.15) is 25.5 Å². The van der Waals surface area contributed by atoms with Gasteiger partial charge in [-0.05, 0) is 37.1 Å². The maximum absolute atomic E-state index is 12.5. The lowest BCUT2D eigenvalue weighted by Gasteiger charge is -2.34. The number of thiophene rings is 1. The SMILES string of the molecule is CC(N)C1CCCN(C(=O)Cc2csc(-c3cccs3)n2)C1. The van der Waals surface area contributed by atoms with E-state index in [1.54, 1.807) is 22.7 Å². The number of aromatic nitrogens is 1. The first-order valence-corrected chi connectivity index (χ1v) is 9.41.